The van der Waals surface area contributed by atoms with Gasteiger partial charge in [0.1, 0.15) is 5.82 Å². The largest absolute Gasteiger partial charge is 0.456 e. The summed E-state index contributed by atoms with van der Waals surface area (Å²) >= 11 is 0. The van der Waals surface area contributed by atoms with Gasteiger partial charge in [0.2, 0.25) is 0 Å². The van der Waals surface area contributed by atoms with Crippen molar-refractivity contribution in [1.29, 1.82) is 0 Å². The Morgan fingerprint density at radius 3 is 2.81 bits per heavy atom. The standard InChI is InChI=1S/C10H9N5O/c16-10-13-8-7(11-6-12-8)9(14-10)15-4-2-1-3-5-15/h1-5,11H,6H2,(H-,12,13,14,16)/p+1. The lowest BCUT2D eigenvalue weighted by Crippen LogP contribution is -2.34. The predicted octanol–water partition coefficient (Wildman–Crippen LogP) is -0.159. The van der Waals surface area contributed by atoms with Gasteiger partial charge >= 0.3 is 11.5 Å². The van der Waals surface area contributed by atoms with Crippen LogP contribution in [-0.2, 0) is 0 Å². The molecular formula is C10H10N5O+. The molecule has 1 aliphatic rings. The monoisotopic (exact) mass is 216 g/mol. The Labute approximate surface area is 91.0 Å². The molecule has 0 spiro atoms. The van der Waals surface area contributed by atoms with Crippen LogP contribution in [0, 0.1) is 0 Å². The van der Waals surface area contributed by atoms with Crippen LogP contribution in [-0.4, -0.2) is 16.6 Å². The summed E-state index contributed by atoms with van der Waals surface area (Å²) in [5.41, 5.74) is 0.456. The number of anilines is 2. The van der Waals surface area contributed by atoms with E-state index >= 15 is 0 Å². The molecule has 1 aliphatic heterocycles. The molecule has 3 rings (SSSR count). The molecule has 0 unspecified atom stereocenters. The first-order chi connectivity index (χ1) is 7.84. The van der Waals surface area contributed by atoms with Crippen molar-refractivity contribution in [3.8, 4) is 5.82 Å². The topological polar surface area (TPSA) is 73.7 Å². The summed E-state index contributed by atoms with van der Waals surface area (Å²) < 4.78 is 1.80. The van der Waals surface area contributed by atoms with Gasteiger partial charge in [0.15, 0.2) is 5.69 Å². The summed E-state index contributed by atoms with van der Waals surface area (Å²) in [6.45, 7) is 0.595. The number of nitrogens with one attached hydrogen (secondary N) is 3. The lowest BCUT2D eigenvalue weighted by Gasteiger charge is -1.99. The van der Waals surface area contributed by atoms with Gasteiger partial charge in [0, 0.05) is 4.98 Å². The van der Waals surface area contributed by atoms with E-state index in [9.17, 15) is 4.79 Å². The molecule has 0 atom stereocenters. The second-order valence-corrected chi connectivity index (χ2v) is 3.43. The number of nitrogens with zero attached hydrogens (tertiary/aromatic N) is 2. The number of fused-ring (bicyclic) bond motifs is 1. The van der Waals surface area contributed by atoms with E-state index in [0.717, 1.165) is 5.69 Å². The quantitative estimate of drug-likeness (QED) is 0.579. The Kier molecular flexibility index (Phi) is 1.86. The summed E-state index contributed by atoms with van der Waals surface area (Å²) in [4.78, 5) is 18.0. The fourth-order valence-corrected chi connectivity index (χ4v) is 1.71. The summed E-state index contributed by atoms with van der Waals surface area (Å²) in [6.07, 6.45) is 3.70. The van der Waals surface area contributed by atoms with E-state index in [1.165, 1.54) is 0 Å². The third-order valence-corrected chi connectivity index (χ3v) is 2.40. The van der Waals surface area contributed by atoms with Crippen molar-refractivity contribution in [1.82, 2.24) is 9.97 Å². The smallest absolute Gasteiger partial charge is 0.358 e. The molecule has 80 valence electrons. The van der Waals surface area contributed by atoms with Crippen molar-refractivity contribution in [3.05, 3.63) is 41.1 Å². The van der Waals surface area contributed by atoms with E-state index in [2.05, 4.69) is 20.6 Å². The minimum atomic E-state index is -0.360. The molecule has 0 radical (unpaired) electrons. The molecule has 0 saturated carbocycles. The molecule has 2 aromatic rings. The number of pyridine rings is 1. The summed E-state index contributed by atoms with van der Waals surface area (Å²) in [6, 6.07) is 5.69. The highest BCUT2D eigenvalue weighted by atomic mass is 16.1. The molecule has 3 heterocycles. The molecule has 0 aromatic carbocycles. The number of hydrogen-bond donors (Lipinski definition) is 3. The van der Waals surface area contributed by atoms with Crippen LogP contribution in [0.5, 0.6) is 0 Å². The maximum atomic E-state index is 11.4. The van der Waals surface area contributed by atoms with Crippen LogP contribution in [0.4, 0.5) is 11.5 Å². The maximum Gasteiger partial charge on any atom is 0.456 e. The minimum absolute atomic E-state index is 0.360. The lowest BCUT2D eigenvalue weighted by molar-refractivity contribution is -0.598. The molecule has 16 heavy (non-hydrogen) atoms. The van der Waals surface area contributed by atoms with Gasteiger partial charge in [-0.3, -0.25) is 4.98 Å². The van der Waals surface area contributed by atoms with E-state index in [1.807, 2.05) is 30.6 Å². The van der Waals surface area contributed by atoms with Crippen LogP contribution in [0.15, 0.2) is 35.4 Å². The Bertz CT molecular complexity index is 578. The van der Waals surface area contributed by atoms with Gasteiger partial charge in [0.25, 0.3) is 0 Å². The zero-order valence-corrected chi connectivity index (χ0v) is 8.40. The molecule has 0 fully saturated rings. The molecule has 6 nitrogen and oxygen atoms in total. The first-order valence-corrected chi connectivity index (χ1v) is 4.93. The highest BCUT2D eigenvalue weighted by Crippen LogP contribution is 2.24. The first kappa shape index (κ1) is 8.90. The second-order valence-electron chi connectivity index (χ2n) is 3.43. The molecule has 3 N–H and O–H groups in total. The van der Waals surface area contributed by atoms with Crippen molar-refractivity contribution < 1.29 is 4.57 Å². The Morgan fingerprint density at radius 2 is 2.00 bits per heavy atom. The number of aromatic amines is 1. The van der Waals surface area contributed by atoms with Gasteiger partial charge in [-0.05, 0) is 12.1 Å². The number of hydrogen-bond acceptors (Lipinski definition) is 4. The van der Waals surface area contributed by atoms with Gasteiger partial charge in [-0.2, -0.15) is 0 Å². The molecule has 0 aliphatic carbocycles. The van der Waals surface area contributed by atoms with E-state index in [0.29, 0.717) is 18.3 Å². The van der Waals surface area contributed by atoms with E-state index in [1.54, 1.807) is 4.57 Å². The molecule has 0 amide bonds. The number of rotatable bonds is 1. The van der Waals surface area contributed by atoms with Crippen molar-refractivity contribution in [3.63, 3.8) is 0 Å². The lowest BCUT2D eigenvalue weighted by atomic mass is 10.4. The van der Waals surface area contributed by atoms with Crippen LogP contribution in [0.25, 0.3) is 5.82 Å². The molecule has 6 heteroatoms. The highest BCUT2D eigenvalue weighted by Gasteiger charge is 2.24. The zero-order valence-electron chi connectivity index (χ0n) is 8.40. The molecule has 0 bridgehead atoms. The van der Waals surface area contributed by atoms with Crippen LogP contribution in [0.2, 0.25) is 0 Å². The second kappa shape index (κ2) is 3.34. The van der Waals surface area contributed by atoms with Crippen molar-refractivity contribution in [2.75, 3.05) is 17.3 Å². The third-order valence-electron chi connectivity index (χ3n) is 2.40. The van der Waals surface area contributed by atoms with Gasteiger partial charge in [-0.1, -0.05) is 6.07 Å². The van der Waals surface area contributed by atoms with Crippen LogP contribution >= 0.6 is 0 Å². The van der Waals surface area contributed by atoms with Crippen molar-refractivity contribution >= 4 is 11.5 Å². The highest BCUT2D eigenvalue weighted by molar-refractivity contribution is 5.73. The summed E-state index contributed by atoms with van der Waals surface area (Å²) in [7, 11) is 0. The normalized spacial score (nSPS) is 12.8. The van der Waals surface area contributed by atoms with Crippen molar-refractivity contribution in [2.24, 2.45) is 0 Å². The van der Waals surface area contributed by atoms with Crippen LogP contribution in [0.1, 0.15) is 0 Å². The van der Waals surface area contributed by atoms with Gasteiger partial charge in [-0.15, -0.1) is 0 Å². The Balaban J connectivity index is 2.25. The SMILES string of the molecule is O=c1nc(-[n+]2ccccc2)c2c([nH]1)NCN2. The fourth-order valence-electron chi connectivity index (χ4n) is 1.71. The first-order valence-electron chi connectivity index (χ1n) is 4.93. The van der Waals surface area contributed by atoms with Gasteiger partial charge in [0.05, 0.1) is 19.1 Å². The summed E-state index contributed by atoms with van der Waals surface area (Å²) in [5, 5.41) is 6.16. The maximum absolute atomic E-state index is 11.4. The number of aromatic nitrogens is 3. The zero-order chi connectivity index (χ0) is 11.0. The average Bonchev–Trinajstić information content (AvgIpc) is 2.77. The van der Waals surface area contributed by atoms with Crippen LogP contribution in [0.3, 0.4) is 0 Å². The van der Waals surface area contributed by atoms with Crippen molar-refractivity contribution in [2.45, 2.75) is 0 Å². The number of H-pyrrole nitrogens is 1. The third kappa shape index (κ3) is 1.31. The summed E-state index contributed by atoms with van der Waals surface area (Å²) in [5.74, 6) is 1.29. The molecule has 0 saturated heterocycles. The van der Waals surface area contributed by atoms with E-state index in [-0.39, 0.29) is 5.69 Å². The Morgan fingerprint density at radius 1 is 1.19 bits per heavy atom. The predicted molar refractivity (Wildman–Crippen MR) is 58.5 cm³/mol. The fraction of sp³-hybridized carbons (Fsp3) is 0.100. The molecule has 2 aromatic heterocycles. The molecular weight excluding hydrogens is 206 g/mol. The van der Waals surface area contributed by atoms with Gasteiger partial charge in [-0.25, -0.2) is 9.36 Å². The van der Waals surface area contributed by atoms with Gasteiger partial charge < -0.3 is 10.6 Å². The Hall–Kier alpha value is -2.37. The minimum Gasteiger partial charge on any atom is -0.358 e. The van der Waals surface area contributed by atoms with Crippen LogP contribution < -0.4 is 20.9 Å². The van der Waals surface area contributed by atoms with E-state index < -0.39 is 0 Å². The average molecular weight is 216 g/mol. The van der Waals surface area contributed by atoms with E-state index in [4.69, 9.17) is 0 Å².